The number of likely N-dealkylation sites (tertiary alicyclic amines) is 1. The maximum atomic E-state index is 12.1. The van der Waals surface area contributed by atoms with Crippen molar-refractivity contribution in [2.75, 3.05) is 32.8 Å². The highest BCUT2D eigenvalue weighted by Gasteiger charge is 2.35. The molecule has 30 heavy (non-hydrogen) atoms. The van der Waals surface area contributed by atoms with E-state index < -0.39 is 5.60 Å². The normalized spacial score (nSPS) is 25.5. The van der Waals surface area contributed by atoms with Crippen LogP contribution in [0.4, 0.5) is 4.79 Å². The van der Waals surface area contributed by atoms with Gasteiger partial charge in [-0.2, -0.15) is 0 Å². The third-order valence-electron chi connectivity index (χ3n) is 5.32. The molecule has 2 rings (SSSR count). The van der Waals surface area contributed by atoms with Gasteiger partial charge >= 0.3 is 6.09 Å². The summed E-state index contributed by atoms with van der Waals surface area (Å²) < 4.78 is 11.5. The van der Waals surface area contributed by atoms with Crippen LogP contribution in [0.2, 0.25) is 0 Å². The second-order valence-corrected chi connectivity index (χ2v) is 10.3. The lowest BCUT2D eigenvalue weighted by molar-refractivity contribution is -0.0824. The molecule has 2 N–H and O–H groups in total. The highest BCUT2D eigenvalue weighted by atomic mass is 127. The number of hydrogen-bond donors (Lipinski definition) is 2. The zero-order chi connectivity index (χ0) is 21.7. The number of nitrogens with zero attached hydrogens (tertiary/aromatic N) is 2. The van der Waals surface area contributed by atoms with Gasteiger partial charge in [0.2, 0.25) is 0 Å². The van der Waals surface area contributed by atoms with Crippen LogP contribution in [0.1, 0.15) is 67.7 Å². The topological polar surface area (TPSA) is 75.2 Å². The number of carbonyl (C=O) groups excluding carboxylic acids is 1. The lowest BCUT2D eigenvalue weighted by Crippen LogP contribution is -2.45. The minimum atomic E-state index is -0.482. The molecule has 2 heterocycles. The molecular weight excluding hydrogens is 495 g/mol. The van der Waals surface area contributed by atoms with Crippen molar-refractivity contribution in [3.63, 3.8) is 0 Å². The van der Waals surface area contributed by atoms with Gasteiger partial charge in [0.15, 0.2) is 5.96 Å². The van der Waals surface area contributed by atoms with Crippen molar-refractivity contribution in [3.8, 4) is 0 Å². The molecule has 2 aliphatic heterocycles. The largest absolute Gasteiger partial charge is 0.444 e. The Bertz CT molecular complexity index is 572. The first-order valence-electron chi connectivity index (χ1n) is 11.1. The van der Waals surface area contributed by atoms with Crippen molar-refractivity contribution < 1.29 is 14.3 Å². The number of alkyl carbamates (subject to hydrolysis) is 1. The van der Waals surface area contributed by atoms with E-state index in [0.717, 1.165) is 58.0 Å². The maximum absolute atomic E-state index is 12.1. The van der Waals surface area contributed by atoms with E-state index in [9.17, 15) is 4.79 Å². The fraction of sp³-hybridized carbons (Fsp3) is 0.909. The van der Waals surface area contributed by atoms with Gasteiger partial charge in [-0.05, 0) is 52.4 Å². The van der Waals surface area contributed by atoms with Gasteiger partial charge in [0.25, 0.3) is 0 Å². The van der Waals surface area contributed by atoms with Crippen LogP contribution in [0.3, 0.4) is 0 Å². The number of hydrogen-bond acceptors (Lipinski definition) is 4. The maximum Gasteiger partial charge on any atom is 0.407 e. The number of ether oxygens (including phenoxy) is 2. The van der Waals surface area contributed by atoms with E-state index in [1.54, 1.807) is 0 Å². The molecule has 0 aromatic heterocycles. The second-order valence-electron chi connectivity index (χ2n) is 10.3. The van der Waals surface area contributed by atoms with Gasteiger partial charge in [-0.15, -0.1) is 24.0 Å². The fourth-order valence-electron chi connectivity index (χ4n) is 4.16. The van der Waals surface area contributed by atoms with Gasteiger partial charge in [-0.25, -0.2) is 4.79 Å². The summed E-state index contributed by atoms with van der Waals surface area (Å²) in [4.78, 5) is 19.3. The van der Waals surface area contributed by atoms with E-state index >= 15 is 0 Å². The minimum absolute atomic E-state index is 0. The summed E-state index contributed by atoms with van der Waals surface area (Å²) in [6.45, 7) is 18.5. The summed E-state index contributed by atoms with van der Waals surface area (Å²) in [6, 6.07) is 0.0778. The molecule has 0 spiro atoms. The first-order chi connectivity index (χ1) is 13.5. The molecule has 8 heteroatoms. The predicted molar refractivity (Wildman–Crippen MR) is 133 cm³/mol. The summed E-state index contributed by atoms with van der Waals surface area (Å²) in [7, 11) is 0. The van der Waals surface area contributed by atoms with Crippen LogP contribution in [0.5, 0.6) is 0 Å². The SMILES string of the molecule is CCNC(=NCC1CCCOC1C(C)(C)C)N1CCC(NC(=O)OC(C)(C)C)C1.I. The number of carbonyl (C=O) groups is 1. The number of rotatable bonds is 4. The highest BCUT2D eigenvalue weighted by Crippen LogP contribution is 2.34. The molecule has 0 radical (unpaired) electrons. The molecule has 1 amide bonds. The molecule has 0 aromatic rings. The summed E-state index contributed by atoms with van der Waals surface area (Å²) in [6.07, 6.45) is 3.05. The van der Waals surface area contributed by atoms with E-state index in [1.165, 1.54) is 0 Å². The molecule has 3 unspecified atom stereocenters. The molecule has 176 valence electrons. The number of halogens is 1. The molecule has 2 fully saturated rings. The van der Waals surface area contributed by atoms with Crippen LogP contribution in [0.25, 0.3) is 0 Å². The third kappa shape index (κ3) is 8.77. The summed E-state index contributed by atoms with van der Waals surface area (Å²) in [5, 5.41) is 6.41. The van der Waals surface area contributed by atoms with Crippen molar-refractivity contribution >= 4 is 36.0 Å². The van der Waals surface area contributed by atoms with Gasteiger partial charge in [0.1, 0.15) is 5.60 Å². The summed E-state index contributed by atoms with van der Waals surface area (Å²) in [5.74, 6) is 1.37. The molecule has 0 aliphatic carbocycles. The van der Waals surface area contributed by atoms with Crippen molar-refractivity contribution in [1.29, 1.82) is 0 Å². The van der Waals surface area contributed by atoms with E-state index in [0.29, 0.717) is 5.92 Å². The van der Waals surface area contributed by atoms with Crippen LogP contribution in [-0.2, 0) is 9.47 Å². The molecule has 0 bridgehead atoms. The Morgan fingerprint density at radius 2 is 1.90 bits per heavy atom. The Morgan fingerprint density at radius 1 is 1.20 bits per heavy atom. The Balaban J connectivity index is 0.00000450. The second kappa shape index (κ2) is 11.7. The van der Waals surface area contributed by atoms with Gasteiger partial charge in [-0.1, -0.05) is 20.8 Å². The Morgan fingerprint density at radius 3 is 2.50 bits per heavy atom. The van der Waals surface area contributed by atoms with Gasteiger partial charge in [0.05, 0.1) is 12.1 Å². The standard InChI is InChI=1S/C22H42N4O3.HI/c1-8-23-19(24-14-16-10-9-13-28-18(16)21(2,3)4)26-12-11-17(15-26)25-20(27)29-22(5,6)7;/h16-18H,8-15H2,1-7H3,(H,23,24)(H,25,27);1H. The molecular formula is C22H43IN4O3. The zero-order valence-corrected chi connectivity index (χ0v) is 22.2. The quantitative estimate of drug-likeness (QED) is 0.322. The lowest BCUT2D eigenvalue weighted by atomic mass is 9.78. The van der Waals surface area contributed by atoms with E-state index in [1.807, 2.05) is 20.8 Å². The number of guanidine groups is 1. The van der Waals surface area contributed by atoms with Crippen LogP contribution in [-0.4, -0.2) is 67.5 Å². The Hall–Kier alpha value is -0.770. The number of nitrogens with one attached hydrogen (secondary N) is 2. The van der Waals surface area contributed by atoms with Crippen LogP contribution in [0.15, 0.2) is 4.99 Å². The van der Waals surface area contributed by atoms with Crippen LogP contribution >= 0.6 is 24.0 Å². The van der Waals surface area contributed by atoms with Crippen molar-refractivity contribution in [3.05, 3.63) is 0 Å². The summed E-state index contributed by atoms with van der Waals surface area (Å²) >= 11 is 0. The molecule has 2 saturated heterocycles. The monoisotopic (exact) mass is 538 g/mol. The first-order valence-corrected chi connectivity index (χ1v) is 11.1. The fourth-order valence-corrected chi connectivity index (χ4v) is 4.16. The van der Waals surface area contributed by atoms with Crippen molar-refractivity contribution in [2.24, 2.45) is 16.3 Å². The molecule has 3 atom stereocenters. The van der Waals surface area contributed by atoms with Gasteiger partial charge < -0.3 is 25.0 Å². The zero-order valence-electron chi connectivity index (χ0n) is 19.9. The average Bonchev–Trinajstić information content (AvgIpc) is 3.04. The third-order valence-corrected chi connectivity index (χ3v) is 5.32. The Labute approximate surface area is 200 Å². The van der Waals surface area contributed by atoms with Gasteiger partial charge in [-0.3, -0.25) is 4.99 Å². The molecule has 7 nitrogen and oxygen atoms in total. The predicted octanol–water partition coefficient (Wildman–Crippen LogP) is 4.01. The summed E-state index contributed by atoms with van der Waals surface area (Å²) in [5.41, 5.74) is -0.362. The molecule has 2 aliphatic rings. The highest BCUT2D eigenvalue weighted by molar-refractivity contribution is 14.0. The van der Waals surface area contributed by atoms with Crippen LogP contribution in [0, 0.1) is 11.3 Å². The van der Waals surface area contributed by atoms with E-state index in [2.05, 4.69) is 43.2 Å². The van der Waals surface area contributed by atoms with E-state index in [-0.39, 0.29) is 47.6 Å². The molecule has 0 aromatic carbocycles. The van der Waals surface area contributed by atoms with Crippen molar-refractivity contribution in [1.82, 2.24) is 15.5 Å². The smallest absolute Gasteiger partial charge is 0.407 e. The lowest BCUT2D eigenvalue weighted by Gasteiger charge is -2.39. The minimum Gasteiger partial charge on any atom is -0.444 e. The average molecular weight is 539 g/mol. The number of aliphatic imine (C=N–C) groups is 1. The van der Waals surface area contributed by atoms with Crippen molar-refractivity contribution in [2.45, 2.75) is 85.5 Å². The van der Waals surface area contributed by atoms with E-state index in [4.69, 9.17) is 14.5 Å². The Kier molecular flexibility index (Phi) is 10.7. The van der Waals surface area contributed by atoms with Crippen LogP contribution < -0.4 is 10.6 Å². The molecule has 0 saturated carbocycles. The number of amides is 1. The van der Waals surface area contributed by atoms with Gasteiger partial charge in [0, 0.05) is 38.7 Å². The first kappa shape index (κ1) is 27.3.